The summed E-state index contributed by atoms with van der Waals surface area (Å²) in [5, 5.41) is 4.05. The lowest BCUT2D eigenvalue weighted by Crippen LogP contribution is -2.53. The zero-order valence-corrected chi connectivity index (χ0v) is 18.2. The summed E-state index contributed by atoms with van der Waals surface area (Å²) in [6, 6.07) is 14.6. The van der Waals surface area contributed by atoms with Gasteiger partial charge in [-0.25, -0.2) is 0 Å². The van der Waals surface area contributed by atoms with Crippen LogP contribution in [-0.4, -0.2) is 32.9 Å². The van der Waals surface area contributed by atoms with Crippen LogP contribution in [0.2, 0.25) is 5.02 Å². The Bertz CT molecular complexity index is 1260. The minimum Gasteiger partial charge on any atom is -0.440 e. The molecule has 1 aromatic heterocycles. The van der Waals surface area contributed by atoms with E-state index in [1.807, 2.05) is 35.9 Å². The van der Waals surface area contributed by atoms with E-state index in [9.17, 15) is 9.59 Å². The molecule has 8 heteroatoms. The number of rotatable bonds is 5. The minimum absolute atomic E-state index is 0.0345. The molecule has 0 saturated carbocycles. The van der Waals surface area contributed by atoms with Crippen molar-refractivity contribution < 1.29 is 14.3 Å². The quantitative estimate of drug-likeness (QED) is 0.269. The molecule has 1 saturated heterocycles. The van der Waals surface area contributed by atoms with E-state index in [1.54, 1.807) is 36.4 Å². The molecular weight excluding hydrogens is 434 g/mol. The van der Waals surface area contributed by atoms with E-state index in [0.717, 1.165) is 10.9 Å². The number of ether oxygens (including phenoxy) is 1. The molecule has 0 atom stereocenters. The van der Waals surface area contributed by atoms with Gasteiger partial charge < -0.3 is 9.30 Å². The van der Waals surface area contributed by atoms with E-state index in [0.29, 0.717) is 22.2 Å². The predicted octanol–water partition coefficient (Wildman–Crippen LogP) is 4.44. The van der Waals surface area contributed by atoms with Crippen molar-refractivity contribution in [2.75, 3.05) is 6.54 Å². The number of para-hydroxylation sites is 1. The molecule has 1 fully saturated rings. The van der Waals surface area contributed by atoms with Crippen molar-refractivity contribution in [2.45, 2.75) is 0 Å². The van der Waals surface area contributed by atoms with E-state index >= 15 is 0 Å². The summed E-state index contributed by atoms with van der Waals surface area (Å²) in [4.78, 5) is 26.9. The van der Waals surface area contributed by atoms with Gasteiger partial charge in [-0.15, -0.1) is 6.58 Å². The molecule has 0 unspecified atom stereocenters. The number of nitrogens with one attached hydrogen (secondary N) is 1. The van der Waals surface area contributed by atoms with Crippen LogP contribution in [0.3, 0.4) is 0 Å². The number of carbonyl (C=O) groups excluding carboxylic acids is 2. The molecule has 6 nitrogen and oxygen atoms in total. The van der Waals surface area contributed by atoms with Crippen LogP contribution in [-0.2, 0) is 16.6 Å². The maximum atomic E-state index is 13.0. The van der Waals surface area contributed by atoms with Crippen LogP contribution < -0.4 is 10.1 Å². The summed E-state index contributed by atoms with van der Waals surface area (Å²) < 4.78 is 8.02. The molecule has 1 aliphatic rings. The van der Waals surface area contributed by atoms with Crippen molar-refractivity contribution in [3.63, 3.8) is 0 Å². The number of aromatic nitrogens is 1. The van der Waals surface area contributed by atoms with E-state index in [1.165, 1.54) is 4.90 Å². The zero-order valence-electron chi connectivity index (χ0n) is 16.6. The standard InChI is InChI=1S/C23H18ClN3O3S/c1-3-12-27-21(29)18(20(28)25-23(27)31)13-17-16-6-4-5-7-19(16)26(2)22(17)30-15-10-8-14(24)9-11-15/h3-11,13H,1,12H2,2H3,(H,25,28,31)/b18-13+. The summed E-state index contributed by atoms with van der Waals surface area (Å²) in [6.07, 6.45) is 3.09. The Hall–Kier alpha value is -3.42. The Morgan fingerprint density at radius 3 is 2.58 bits per heavy atom. The summed E-state index contributed by atoms with van der Waals surface area (Å²) in [7, 11) is 1.86. The highest BCUT2D eigenvalue weighted by atomic mass is 35.5. The molecule has 0 radical (unpaired) electrons. The number of aryl methyl sites for hydroxylation is 1. The third kappa shape index (κ3) is 3.85. The Morgan fingerprint density at radius 2 is 1.87 bits per heavy atom. The summed E-state index contributed by atoms with van der Waals surface area (Å²) in [5.41, 5.74) is 1.46. The molecule has 2 aromatic carbocycles. The maximum Gasteiger partial charge on any atom is 0.265 e. The van der Waals surface area contributed by atoms with E-state index < -0.39 is 11.8 Å². The van der Waals surface area contributed by atoms with Gasteiger partial charge in [0, 0.05) is 29.6 Å². The largest absolute Gasteiger partial charge is 0.440 e. The maximum absolute atomic E-state index is 13.0. The average Bonchev–Trinajstić information content (AvgIpc) is 3.01. The van der Waals surface area contributed by atoms with Crippen molar-refractivity contribution >= 4 is 57.7 Å². The van der Waals surface area contributed by atoms with Crippen LogP contribution in [0.5, 0.6) is 11.6 Å². The van der Waals surface area contributed by atoms with Crippen LogP contribution in [0.15, 0.2) is 66.8 Å². The summed E-state index contributed by atoms with van der Waals surface area (Å²) in [6.45, 7) is 3.84. The first-order valence-corrected chi connectivity index (χ1v) is 10.2. The number of benzene rings is 2. The topological polar surface area (TPSA) is 63.6 Å². The number of hydrogen-bond donors (Lipinski definition) is 1. The summed E-state index contributed by atoms with van der Waals surface area (Å²) >= 11 is 11.1. The van der Waals surface area contributed by atoms with Crippen molar-refractivity contribution in [3.8, 4) is 11.6 Å². The Kier molecular flexibility index (Phi) is 5.63. The normalized spacial score (nSPS) is 15.5. The van der Waals surface area contributed by atoms with E-state index in [-0.39, 0.29) is 17.2 Å². The predicted molar refractivity (Wildman–Crippen MR) is 125 cm³/mol. The molecule has 0 aliphatic carbocycles. The highest BCUT2D eigenvalue weighted by molar-refractivity contribution is 7.80. The third-order valence-electron chi connectivity index (χ3n) is 4.90. The summed E-state index contributed by atoms with van der Waals surface area (Å²) in [5.74, 6) is 0.0172. The minimum atomic E-state index is -0.555. The SMILES string of the molecule is C=CCN1C(=O)/C(=C/c2c(Oc3ccc(Cl)cc3)n(C)c3ccccc23)C(=O)NC1=S. The van der Waals surface area contributed by atoms with Gasteiger partial charge in [0.15, 0.2) is 5.11 Å². The van der Waals surface area contributed by atoms with Crippen molar-refractivity contribution in [1.29, 1.82) is 0 Å². The van der Waals surface area contributed by atoms with Crippen LogP contribution in [0.25, 0.3) is 17.0 Å². The van der Waals surface area contributed by atoms with Gasteiger partial charge in [0.2, 0.25) is 5.88 Å². The van der Waals surface area contributed by atoms with Crippen LogP contribution in [0, 0.1) is 0 Å². The Morgan fingerprint density at radius 1 is 1.16 bits per heavy atom. The number of halogens is 1. The van der Waals surface area contributed by atoms with Gasteiger partial charge in [-0.2, -0.15) is 0 Å². The highest BCUT2D eigenvalue weighted by Crippen LogP contribution is 2.36. The second kappa shape index (κ2) is 8.37. The molecule has 31 heavy (non-hydrogen) atoms. The lowest BCUT2D eigenvalue weighted by Gasteiger charge is -2.27. The molecule has 3 aromatic rings. The van der Waals surface area contributed by atoms with Crippen LogP contribution in [0.4, 0.5) is 0 Å². The number of fused-ring (bicyclic) bond motifs is 1. The fraction of sp³-hybridized carbons (Fsp3) is 0.0870. The Balaban J connectivity index is 1.87. The fourth-order valence-corrected chi connectivity index (χ4v) is 3.79. The van der Waals surface area contributed by atoms with Crippen molar-refractivity contribution in [1.82, 2.24) is 14.8 Å². The number of carbonyl (C=O) groups is 2. The second-order valence-corrected chi connectivity index (χ2v) is 7.70. The fourth-order valence-electron chi connectivity index (χ4n) is 3.41. The average molecular weight is 452 g/mol. The lowest BCUT2D eigenvalue weighted by atomic mass is 10.1. The smallest absolute Gasteiger partial charge is 0.265 e. The lowest BCUT2D eigenvalue weighted by molar-refractivity contribution is -0.128. The van der Waals surface area contributed by atoms with Gasteiger partial charge in [0.05, 0.1) is 5.52 Å². The first kappa shape index (κ1) is 20.8. The number of nitrogens with zero attached hydrogens (tertiary/aromatic N) is 2. The number of amides is 2. The van der Waals surface area contributed by atoms with Crippen molar-refractivity contribution in [3.05, 3.63) is 77.3 Å². The van der Waals surface area contributed by atoms with Gasteiger partial charge in [0.1, 0.15) is 11.3 Å². The Labute approximate surface area is 189 Å². The van der Waals surface area contributed by atoms with Crippen molar-refractivity contribution in [2.24, 2.45) is 7.05 Å². The van der Waals surface area contributed by atoms with E-state index in [4.69, 9.17) is 28.6 Å². The third-order valence-corrected chi connectivity index (χ3v) is 5.48. The molecule has 2 heterocycles. The molecule has 4 rings (SSSR count). The van der Waals surface area contributed by atoms with Gasteiger partial charge in [-0.05, 0) is 48.6 Å². The van der Waals surface area contributed by atoms with Gasteiger partial charge in [-0.1, -0.05) is 35.9 Å². The molecule has 1 N–H and O–H groups in total. The monoisotopic (exact) mass is 451 g/mol. The van der Waals surface area contributed by atoms with Gasteiger partial charge in [0.25, 0.3) is 11.8 Å². The second-order valence-electron chi connectivity index (χ2n) is 6.87. The van der Waals surface area contributed by atoms with Gasteiger partial charge in [-0.3, -0.25) is 19.8 Å². The molecule has 2 amide bonds. The molecular formula is C23H18ClN3O3S. The number of hydrogen-bond acceptors (Lipinski definition) is 4. The highest BCUT2D eigenvalue weighted by Gasteiger charge is 2.33. The zero-order chi connectivity index (χ0) is 22.1. The first-order chi connectivity index (χ1) is 14.9. The first-order valence-electron chi connectivity index (χ1n) is 9.41. The van der Waals surface area contributed by atoms with Gasteiger partial charge >= 0.3 is 0 Å². The molecule has 1 aliphatic heterocycles. The molecule has 156 valence electrons. The molecule has 0 spiro atoms. The number of thiocarbonyl (C=S) groups is 1. The molecule has 0 bridgehead atoms. The van der Waals surface area contributed by atoms with Crippen LogP contribution in [0.1, 0.15) is 5.56 Å². The van der Waals surface area contributed by atoms with Crippen LogP contribution >= 0.6 is 23.8 Å². The van der Waals surface area contributed by atoms with E-state index in [2.05, 4.69) is 11.9 Å².